The van der Waals surface area contributed by atoms with Crippen LogP contribution in [0, 0.1) is 5.82 Å². The highest BCUT2D eigenvalue weighted by molar-refractivity contribution is 5.98. The van der Waals surface area contributed by atoms with Gasteiger partial charge in [0.1, 0.15) is 50.7 Å². The van der Waals surface area contributed by atoms with Crippen LogP contribution in [0.2, 0.25) is 0 Å². The summed E-state index contributed by atoms with van der Waals surface area (Å²) >= 11 is 0. The Hall–Kier alpha value is -3.43. The molecule has 1 aromatic carbocycles. The molecule has 0 bridgehead atoms. The highest BCUT2D eigenvalue weighted by Crippen LogP contribution is 2.42. The maximum absolute atomic E-state index is 15.5. The van der Waals surface area contributed by atoms with E-state index in [1.807, 2.05) is 0 Å². The molecule has 1 aromatic heterocycles. The van der Waals surface area contributed by atoms with Gasteiger partial charge < -0.3 is 29.2 Å². The number of rotatable bonds is 6. The average Bonchev–Trinajstić information content (AvgIpc) is 2.85. The number of likely N-dealkylation sites (N-methyl/N-ethyl adjacent to an activating group) is 1. The lowest BCUT2D eigenvalue weighted by atomic mass is 10.1. The highest BCUT2D eigenvalue weighted by atomic mass is 19.4. The summed E-state index contributed by atoms with van der Waals surface area (Å²) in [4.78, 5) is 43.2. The van der Waals surface area contributed by atoms with Gasteiger partial charge in [0.25, 0.3) is 0 Å². The molecule has 1 saturated heterocycles. The zero-order valence-corrected chi connectivity index (χ0v) is 20.5. The first-order valence-electron chi connectivity index (χ1n) is 11.7. The number of ether oxygens (including phenoxy) is 2. The first kappa shape index (κ1) is 27.6. The van der Waals surface area contributed by atoms with Gasteiger partial charge in [0.2, 0.25) is 5.43 Å². The molecule has 2 aliphatic rings. The van der Waals surface area contributed by atoms with Crippen LogP contribution in [0.5, 0.6) is 5.75 Å². The van der Waals surface area contributed by atoms with Crippen LogP contribution >= 0.6 is 0 Å². The highest BCUT2D eigenvalue weighted by Gasteiger charge is 2.48. The number of carbonyl (C=O) groups excluding carboxylic acids is 2. The summed E-state index contributed by atoms with van der Waals surface area (Å²) in [5.41, 5.74) is -1.01. The fourth-order valence-electron chi connectivity index (χ4n) is 4.41. The molecule has 2 atom stereocenters. The molecule has 0 saturated carbocycles. The van der Waals surface area contributed by atoms with Crippen molar-refractivity contribution in [3.8, 4) is 5.75 Å². The molecule has 208 valence electrons. The third kappa shape index (κ3) is 5.13. The summed E-state index contributed by atoms with van der Waals surface area (Å²) in [6, 6.07) is 0.585. The van der Waals surface area contributed by atoms with Crippen molar-refractivity contribution < 1.29 is 56.3 Å². The molecule has 0 aliphatic carbocycles. The smallest absolute Gasteiger partial charge is 0.487 e. The standard InChI is InChI=1S/C23H26F4N3O8/c1-12-10-36-20-17-14(19(33)15(8-29(12)17)21(34)37-11-13(32)9-31)7-16(24)18(20)28-3-5-30(2,6-4-28)38-22(35)23(25,26)27/h7-8,12-13,31-32H,3-6,9-11H2,1-2H3/q+1. The van der Waals surface area contributed by atoms with Crippen LogP contribution in [0.1, 0.15) is 23.3 Å². The van der Waals surface area contributed by atoms with Crippen molar-refractivity contribution >= 4 is 28.5 Å². The number of benzene rings is 1. The molecule has 11 nitrogen and oxygen atoms in total. The van der Waals surface area contributed by atoms with E-state index in [2.05, 4.69) is 4.84 Å². The molecule has 0 spiro atoms. The van der Waals surface area contributed by atoms with Crippen LogP contribution in [0.15, 0.2) is 17.1 Å². The number of quaternary nitrogens is 1. The Bertz CT molecular complexity index is 1320. The molecule has 1 fully saturated rings. The van der Waals surface area contributed by atoms with Crippen LogP contribution in [0.25, 0.3) is 10.9 Å². The van der Waals surface area contributed by atoms with Crippen LogP contribution in [0.3, 0.4) is 0 Å². The Morgan fingerprint density at radius 1 is 1.29 bits per heavy atom. The van der Waals surface area contributed by atoms with E-state index in [9.17, 15) is 32.7 Å². The second kappa shape index (κ2) is 10.0. The van der Waals surface area contributed by atoms with E-state index in [4.69, 9.17) is 14.6 Å². The predicted molar refractivity (Wildman–Crippen MR) is 122 cm³/mol. The summed E-state index contributed by atoms with van der Waals surface area (Å²) in [6.07, 6.45) is -5.22. The van der Waals surface area contributed by atoms with Crippen molar-refractivity contribution in [1.29, 1.82) is 0 Å². The number of halogens is 4. The van der Waals surface area contributed by atoms with E-state index in [0.29, 0.717) is 0 Å². The second-order valence-electron chi connectivity index (χ2n) is 9.41. The van der Waals surface area contributed by atoms with Gasteiger partial charge in [-0.05, 0) is 13.0 Å². The normalized spacial score (nSPS) is 19.6. The summed E-state index contributed by atoms with van der Waals surface area (Å²) < 4.78 is 65.1. The van der Waals surface area contributed by atoms with Gasteiger partial charge in [0, 0.05) is 6.20 Å². The number of hydrogen-bond acceptors (Lipinski definition) is 9. The molecule has 0 amide bonds. The molecule has 4 rings (SSSR count). The summed E-state index contributed by atoms with van der Waals surface area (Å²) in [5, 5.41) is 18.2. The van der Waals surface area contributed by atoms with Crippen molar-refractivity contribution in [1.82, 2.24) is 4.57 Å². The quantitative estimate of drug-likeness (QED) is 0.307. The number of anilines is 1. The Balaban J connectivity index is 1.69. The number of aliphatic hydroxyl groups excluding tert-OH is 2. The average molecular weight is 548 g/mol. The van der Waals surface area contributed by atoms with Crippen molar-refractivity contribution in [2.45, 2.75) is 25.2 Å². The Labute approximate surface area is 212 Å². The minimum Gasteiger partial charge on any atom is -0.487 e. The molecular weight excluding hydrogens is 522 g/mol. The number of pyridine rings is 1. The van der Waals surface area contributed by atoms with Crippen LogP contribution < -0.4 is 15.1 Å². The molecule has 38 heavy (non-hydrogen) atoms. The lowest BCUT2D eigenvalue weighted by molar-refractivity contribution is -1.08. The number of aromatic nitrogens is 1. The molecule has 2 aromatic rings. The number of esters is 1. The lowest BCUT2D eigenvalue weighted by Crippen LogP contribution is -2.59. The second-order valence-corrected chi connectivity index (χ2v) is 9.41. The minimum absolute atomic E-state index is 0.00709. The summed E-state index contributed by atoms with van der Waals surface area (Å²) in [5.74, 6) is -4.19. The Morgan fingerprint density at radius 3 is 2.55 bits per heavy atom. The van der Waals surface area contributed by atoms with Crippen molar-refractivity contribution in [2.24, 2.45) is 0 Å². The third-order valence-electron chi connectivity index (χ3n) is 6.52. The molecule has 2 aliphatic heterocycles. The van der Waals surface area contributed by atoms with E-state index in [-0.39, 0.29) is 61.2 Å². The monoisotopic (exact) mass is 548 g/mol. The van der Waals surface area contributed by atoms with Crippen molar-refractivity contribution in [3.63, 3.8) is 0 Å². The van der Waals surface area contributed by atoms with E-state index >= 15 is 4.39 Å². The van der Waals surface area contributed by atoms with Gasteiger partial charge in [-0.25, -0.2) is 14.0 Å². The zero-order valence-electron chi connectivity index (χ0n) is 20.5. The van der Waals surface area contributed by atoms with Gasteiger partial charge in [0.05, 0.1) is 36.6 Å². The molecular formula is C23H26F4N3O8+. The first-order valence-corrected chi connectivity index (χ1v) is 11.7. The fraction of sp³-hybridized carbons (Fsp3) is 0.522. The van der Waals surface area contributed by atoms with Gasteiger partial charge in [-0.2, -0.15) is 13.2 Å². The number of alkyl halides is 3. The van der Waals surface area contributed by atoms with Gasteiger partial charge in [-0.3, -0.25) is 9.63 Å². The lowest BCUT2D eigenvalue weighted by Gasteiger charge is -2.40. The van der Waals surface area contributed by atoms with Gasteiger partial charge >= 0.3 is 18.1 Å². The maximum atomic E-state index is 15.5. The van der Waals surface area contributed by atoms with Gasteiger partial charge in [-0.1, -0.05) is 0 Å². The Kier molecular flexibility index (Phi) is 7.29. The Morgan fingerprint density at radius 2 is 1.95 bits per heavy atom. The number of nitrogens with zero attached hydrogens (tertiary/aromatic N) is 3. The van der Waals surface area contributed by atoms with E-state index in [0.717, 1.165) is 6.07 Å². The topological polar surface area (TPSA) is 128 Å². The SMILES string of the molecule is CC1COc2c(N3CC[N+](C)(OC(=O)C(F)(F)F)CC3)c(F)cc3c(=O)c(C(=O)OCC(O)CO)cn1c23. The third-order valence-corrected chi connectivity index (χ3v) is 6.52. The minimum atomic E-state index is -5.15. The first-order chi connectivity index (χ1) is 17.8. The number of hydrogen-bond donors (Lipinski definition) is 2. The largest absolute Gasteiger partial charge is 0.497 e. The molecule has 2 N–H and O–H groups in total. The number of piperazine rings is 1. The van der Waals surface area contributed by atoms with Crippen molar-refractivity contribution in [3.05, 3.63) is 33.9 Å². The summed E-state index contributed by atoms with van der Waals surface area (Å²) in [7, 11) is 1.32. The van der Waals surface area contributed by atoms with Gasteiger partial charge in [0.15, 0.2) is 11.6 Å². The van der Waals surface area contributed by atoms with E-state index in [1.54, 1.807) is 11.5 Å². The van der Waals surface area contributed by atoms with Crippen LogP contribution in [-0.2, 0) is 14.4 Å². The molecule has 15 heteroatoms. The maximum Gasteiger partial charge on any atom is 0.497 e. The van der Waals surface area contributed by atoms with E-state index in [1.165, 1.54) is 18.1 Å². The molecule has 0 radical (unpaired) electrons. The molecule has 2 unspecified atom stereocenters. The fourth-order valence-corrected chi connectivity index (χ4v) is 4.41. The molecule has 3 heterocycles. The number of hydroxylamine groups is 3. The summed E-state index contributed by atoms with van der Waals surface area (Å²) in [6.45, 7) is 0.479. The van der Waals surface area contributed by atoms with Gasteiger partial charge in [-0.15, -0.1) is 4.65 Å². The predicted octanol–water partition coefficient (Wildman–Crippen LogP) is 0.891. The number of carbonyl (C=O) groups is 2. The number of aliphatic hydroxyl groups is 2. The zero-order chi connectivity index (χ0) is 28.0. The van der Waals surface area contributed by atoms with Crippen molar-refractivity contribution in [2.75, 3.05) is 57.9 Å². The van der Waals surface area contributed by atoms with E-state index < -0.39 is 58.9 Å². The van der Waals surface area contributed by atoms with Crippen LogP contribution in [0.4, 0.5) is 23.2 Å². The van der Waals surface area contributed by atoms with Crippen LogP contribution in [-0.4, -0.2) is 96.7 Å².